The van der Waals surface area contributed by atoms with Gasteiger partial charge in [-0.05, 0) is 44.5 Å². The lowest BCUT2D eigenvalue weighted by Crippen LogP contribution is -2.40. The number of benzene rings is 1. The highest BCUT2D eigenvalue weighted by atomic mass is 19.1. The number of guanidine groups is 1. The van der Waals surface area contributed by atoms with Crippen molar-refractivity contribution in [2.45, 2.75) is 39.7 Å². The molecule has 0 radical (unpaired) electrons. The lowest BCUT2D eigenvalue weighted by molar-refractivity contribution is -0.120. The Labute approximate surface area is 149 Å². The van der Waals surface area contributed by atoms with E-state index in [1.807, 2.05) is 20.8 Å². The van der Waals surface area contributed by atoms with E-state index >= 15 is 0 Å². The number of nitrogens with zero attached hydrogens (tertiary/aromatic N) is 1. The lowest BCUT2D eigenvalue weighted by Gasteiger charge is -2.15. The Morgan fingerprint density at radius 1 is 1.16 bits per heavy atom. The van der Waals surface area contributed by atoms with Crippen molar-refractivity contribution >= 4 is 11.9 Å². The van der Waals surface area contributed by atoms with Crippen molar-refractivity contribution in [3.63, 3.8) is 0 Å². The molecule has 0 aliphatic heterocycles. The van der Waals surface area contributed by atoms with Gasteiger partial charge in [-0.2, -0.15) is 0 Å². The van der Waals surface area contributed by atoms with E-state index in [1.54, 1.807) is 12.1 Å². The maximum Gasteiger partial charge on any atom is 0.221 e. The molecule has 3 N–H and O–H groups in total. The standard InChI is InChI=1S/C18H29FN4O2/c1-4-11-21-17(24)10-12-22-18(20-5-2)23-13-14(3)25-16-8-6-15(19)7-9-16/h6-9,14H,4-5,10-13H2,1-3H3,(H,21,24)(H2,20,22,23). The molecule has 0 aromatic heterocycles. The number of hydrogen-bond donors (Lipinski definition) is 3. The fraction of sp³-hybridized carbons (Fsp3) is 0.556. The largest absolute Gasteiger partial charge is 0.489 e. The summed E-state index contributed by atoms with van der Waals surface area (Å²) in [5.41, 5.74) is 0. The molecule has 0 aliphatic rings. The number of halogens is 1. The first-order valence-electron chi connectivity index (χ1n) is 8.76. The maximum atomic E-state index is 12.9. The second-order valence-electron chi connectivity index (χ2n) is 5.63. The van der Waals surface area contributed by atoms with Gasteiger partial charge in [0.25, 0.3) is 0 Å². The summed E-state index contributed by atoms with van der Waals surface area (Å²) >= 11 is 0. The number of hydrogen-bond acceptors (Lipinski definition) is 3. The highest BCUT2D eigenvalue weighted by molar-refractivity contribution is 5.81. The van der Waals surface area contributed by atoms with Crippen LogP contribution in [0.25, 0.3) is 0 Å². The molecule has 0 bridgehead atoms. The molecule has 1 rings (SSSR count). The molecule has 7 heteroatoms. The Hall–Kier alpha value is -2.31. The molecule has 0 aliphatic carbocycles. The number of amides is 1. The molecule has 140 valence electrons. The predicted molar refractivity (Wildman–Crippen MR) is 98.4 cm³/mol. The summed E-state index contributed by atoms with van der Waals surface area (Å²) in [4.78, 5) is 16.0. The summed E-state index contributed by atoms with van der Waals surface area (Å²) in [5.74, 6) is 0.979. The van der Waals surface area contributed by atoms with E-state index in [0.29, 0.717) is 37.8 Å². The third-order valence-electron chi connectivity index (χ3n) is 3.22. The Bertz CT molecular complexity index is 534. The van der Waals surface area contributed by atoms with Gasteiger partial charge in [0.2, 0.25) is 5.91 Å². The quantitative estimate of drug-likeness (QED) is 0.445. The average Bonchev–Trinajstić information content (AvgIpc) is 2.60. The minimum absolute atomic E-state index is 0.0261. The van der Waals surface area contributed by atoms with Crippen molar-refractivity contribution in [2.24, 2.45) is 4.99 Å². The molecular formula is C18H29FN4O2. The summed E-state index contributed by atoms with van der Waals surface area (Å²) in [7, 11) is 0. The average molecular weight is 352 g/mol. The van der Waals surface area contributed by atoms with Gasteiger partial charge in [-0.15, -0.1) is 0 Å². The highest BCUT2D eigenvalue weighted by Crippen LogP contribution is 2.12. The molecule has 0 saturated carbocycles. The monoisotopic (exact) mass is 352 g/mol. The Balaban J connectivity index is 2.40. The highest BCUT2D eigenvalue weighted by Gasteiger charge is 2.06. The molecule has 1 atom stereocenters. The van der Waals surface area contributed by atoms with E-state index in [9.17, 15) is 9.18 Å². The van der Waals surface area contributed by atoms with Crippen molar-refractivity contribution < 1.29 is 13.9 Å². The van der Waals surface area contributed by atoms with Crippen LogP contribution < -0.4 is 20.7 Å². The minimum Gasteiger partial charge on any atom is -0.489 e. The van der Waals surface area contributed by atoms with Gasteiger partial charge in [-0.3, -0.25) is 4.79 Å². The van der Waals surface area contributed by atoms with E-state index in [-0.39, 0.29) is 17.8 Å². The smallest absolute Gasteiger partial charge is 0.221 e. The summed E-state index contributed by atoms with van der Waals surface area (Å²) in [6.45, 7) is 8.26. The van der Waals surface area contributed by atoms with Crippen LogP contribution in [0.2, 0.25) is 0 Å². The topological polar surface area (TPSA) is 74.8 Å². The Kier molecular flexibility index (Phi) is 10.0. The molecule has 1 unspecified atom stereocenters. The number of nitrogens with one attached hydrogen (secondary N) is 3. The zero-order chi connectivity index (χ0) is 18.5. The Morgan fingerprint density at radius 2 is 1.88 bits per heavy atom. The fourth-order valence-corrected chi connectivity index (χ4v) is 1.99. The lowest BCUT2D eigenvalue weighted by atomic mass is 10.3. The molecule has 1 aromatic carbocycles. The van der Waals surface area contributed by atoms with Crippen LogP contribution >= 0.6 is 0 Å². The van der Waals surface area contributed by atoms with Gasteiger partial charge in [0.1, 0.15) is 17.7 Å². The van der Waals surface area contributed by atoms with Gasteiger partial charge in [0.05, 0.1) is 6.54 Å². The number of ether oxygens (including phenoxy) is 1. The van der Waals surface area contributed by atoms with Gasteiger partial charge in [0.15, 0.2) is 5.96 Å². The van der Waals surface area contributed by atoms with Crippen molar-refractivity contribution in [2.75, 3.05) is 26.2 Å². The van der Waals surface area contributed by atoms with Crippen LogP contribution in [0.15, 0.2) is 29.3 Å². The Morgan fingerprint density at radius 3 is 2.52 bits per heavy atom. The van der Waals surface area contributed by atoms with Crippen molar-refractivity contribution in [1.82, 2.24) is 16.0 Å². The van der Waals surface area contributed by atoms with Crippen LogP contribution in [0.5, 0.6) is 5.75 Å². The molecule has 0 spiro atoms. The molecule has 1 amide bonds. The van der Waals surface area contributed by atoms with Gasteiger partial charge >= 0.3 is 0 Å². The third kappa shape index (κ3) is 9.54. The first-order chi connectivity index (χ1) is 12.0. The second-order valence-corrected chi connectivity index (χ2v) is 5.63. The second kappa shape index (κ2) is 12.1. The fourth-order valence-electron chi connectivity index (χ4n) is 1.99. The van der Waals surface area contributed by atoms with Gasteiger partial charge in [-0.25, -0.2) is 9.38 Å². The van der Waals surface area contributed by atoms with Gasteiger partial charge < -0.3 is 20.7 Å². The summed E-state index contributed by atoms with van der Waals surface area (Å²) in [6.07, 6.45) is 1.16. The molecule has 0 heterocycles. The minimum atomic E-state index is -0.292. The van der Waals surface area contributed by atoms with Crippen LogP contribution in [0.1, 0.15) is 33.6 Å². The van der Waals surface area contributed by atoms with Crippen molar-refractivity contribution in [1.29, 1.82) is 0 Å². The summed E-state index contributed by atoms with van der Waals surface area (Å²) in [6, 6.07) is 5.91. The number of rotatable bonds is 10. The van der Waals surface area contributed by atoms with Crippen LogP contribution in [0.4, 0.5) is 4.39 Å². The third-order valence-corrected chi connectivity index (χ3v) is 3.22. The van der Waals surface area contributed by atoms with E-state index < -0.39 is 0 Å². The van der Waals surface area contributed by atoms with Gasteiger partial charge in [0, 0.05) is 26.1 Å². The molecule has 1 aromatic rings. The van der Waals surface area contributed by atoms with E-state index in [1.165, 1.54) is 12.1 Å². The number of carbonyl (C=O) groups is 1. The maximum absolute atomic E-state index is 12.9. The molecule has 6 nitrogen and oxygen atoms in total. The van der Waals surface area contributed by atoms with Crippen LogP contribution in [0, 0.1) is 5.82 Å². The normalized spacial score (nSPS) is 12.4. The predicted octanol–water partition coefficient (Wildman–Crippen LogP) is 2.06. The molecule has 0 fully saturated rings. The summed E-state index contributed by atoms with van der Waals surface area (Å²) in [5, 5.41) is 9.09. The van der Waals surface area contributed by atoms with Crippen LogP contribution in [-0.4, -0.2) is 44.1 Å². The number of aliphatic imine (C=N–C) groups is 1. The zero-order valence-electron chi connectivity index (χ0n) is 15.3. The first kappa shape index (κ1) is 20.7. The first-order valence-corrected chi connectivity index (χ1v) is 8.76. The van der Waals surface area contributed by atoms with E-state index in [4.69, 9.17) is 4.74 Å². The van der Waals surface area contributed by atoms with Crippen molar-refractivity contribution in [3.8, 4) is 5.75 Å². The molecule has 25 heavy (non-hydrogen) atoms. The van der Waals surface area contributed by atoms with Gasteiger partial charge in [-0.1, -0.05) is 6.92 Å². The van der Waals surface area contributed by atoms with Crippen LogP contribution in [0.3, 0.4) is 0 Å². The van der Waals surface area contributed by atoms with E-state index in [2.05, 4.69) is 20.9 Å². The summed E-state index contributed by atoms with van der Waals surface area (Å²) < 4.78 is 18.6. The number of carbonyl (C=O) groups excluding carboxylic acids is 1. The molecular weight excluding hydrogens is 323 g/mol. The zero-order valence-corrected chi connectivity index (χ0v) is 15.3. The SMILES string of the molecule is CCCNC(=O)CCNC(=NCC(C)Oc1ccc(F)cc1)NCC. The molecule has 0 saturated heterocycles. The van der Waals surface area contributed by atoms with E-state index in [0.717, 1.165) is 13.0 Å². The van der Waals surface area contributed by atoms with Crippen LogP contribution in [-0.2, 0) is 4.79 Å². The van der Waals surface area contributed by atoms with Crippen molar-refractivity contribution in [3.05, 3.63) is 30.1 Å².